The van der Waals surface area contributed by atoms with E-state index in [0.717, 1.165) is 6.92 Å². The monoisotopic (exact) mass is 167 g/mol. The lowest BCUT2D eigenvalue weighted by atomic mass is 10.4. The summed E-state index contributed by atoms with van der Waals surface area (Å²) >= 11 is -0.374. The van der Waals surface area contributed by atoms with Crippen LogP contribution in [0.3, 0.4) is 0 Å². The van der Waals surface area contributed by atoms with Gasteiger partial charge in [0, 0.05) is 0 Å². The third kappa shape index (κ3) is 3.91. The van der Waals surface area contributed by atoms with Gasteiger partial charge >= 0.3 is 6.18 Å². The normalized spacial score (nSPS) is 13.5. The molecular formula is C5H9AlF3N. The van der Waals surface area contributed by atoms with E-state index in [2.05, 4.69) is 4.99 Å². The average molecular weight is 167 g/mol. The molecule has 0 fully saturated rings. The summed E-state index contributed by atoms with van der Waals surface area (Å²) in [5.41, 5.74) is -0.707. The Bertz CT molecular complexity index is 129. The predicted molar refractivity (Wildman–Crippen MR) is 37.0 cm³/mol. The third-order valence-corrected chi connectivity index (χ3v) is 1.65. The maximum Gasteiger partial charge on any atom is 0.428 e. The van der Waals surface area contributed by atoms with Crippen LogP contribution in [0, 0.1) is 0 Å². The smallest absolute Gasteiger partial charge is 0.301 e. The average Bonchev–Trinajstić information content (AvgIpc) is 1.80. The van der Waals surface area contributed by atoms with Crippen LogP contribution in [-0.4, -0.2) is 32.5 Å². The minimum atomic E-state index is -4.22. The lowest BCUT2D eigenvalue weighted by molar-refractivity contribution is -0.0593. The van der Waals surface area contributed by atoms with Gasteiger partial charge in [0.25, 0.3) is 15.2 Å². The SMILES string of the molecule is [CH3][AlH][CH2]N=C(C)C(F)(F)F. The van der Waals surface area contributed by atoms with E-state index in [9.17, 15) is 13.2 Å². The molecule has 1 nitrogen and oxygen atoms in total. The van der Waals surface area contributed by atoms with Crippen LogP contribution >= 0.6 is 0 Å². The van der Waals surface area contributed by atoms with Crippen molar-refractivity contribution in [3.8, 4) is 0 Å². The van der Waals surface area contributed by atoms with Gasteiger partial charge in [-0.15, -0.1) is 5.79 Å². The molecule has 0 amide bonds. The second-order valence-corrected chi connectivity index (χ2v) is 3.41. The minimum Gasteiger partial charge on any atom is -0.301 e. The number of hydrogen-bond acceptors (Lipinski definition) is 1. The molecule has 0 aromatic rings. The van der Waals surface area contributed by atoms with Crippen molar-refractivity contribution in [1.29, 1.82) is 0 Å². The fraction of sp³-hybridized carbons (Fsp3) is 0.800. The summed E-state index contributed by atoms with van der Waals surface area (Å²) in [5, 5.41) is 0.394. The summed E-state index contributed by atoms with van der Waals surface area (Å²) in [5.74, 6) is 1.92. The standard InChI is InChI=1S/C4H5F3N.CH3.Al.H/c1-3(8-2)4(5,6)7;;;/h2H2,1H3;1H3;;. The van der Waals surface area contributed by atoms with Crippen LogP contribution in [-0.2, 0) is 0 Å². The molecule has 0 N–H and O–H groups in total. The molecule has 0 atom stereocenters. The van der Waals surface area contributed by atoms with Gasteiger partial charge in [-0.2, -0.15) is 13.2 Å². The zero-order chi connectivity index (χ0) is 8.20. The Morgan fingerprint density at radius 1 is 1.50 bits per heavy atom. The van der Waals surface area contributed by atoms with Crippen LogP contribution in [0.5, 0.6) is 0 Å². The maximum atomic E-state index is 11.7. The fourth-order valence-electron chi connectivity index (χ4n) is 0.369. The van der Waals surface area contributed by atoms with E-state index in [1.54, 1.807) is 0 Å². The van der Waals surface area contributed by atoms with Gasteiger partial charge in [0.15, 0.2) is 0 Å². The Balaban J connectivity index is 3.93. The first-order valence-corrected chi connectivity index (χ1v) is 5.48. The number of aliphatic imine (C=N–C) groups is 1. The van der Waals surface area contributed by atoms with E-state index >= 15 is 0 Å². The summed E-state index contributed by atoms with van der Waals surface area (Å²) in [6.07, 6.45) is -4.22. The number of hydrogen-bond donors (Lipinski definition) is 0. The van der Waals surface area contributed by atoms with Gasteiger partial charge in [0.1, 0.15) is 5.71 Å². The Morgan fingerprint density at radius 3 is 2.30 bits per heavy atom. The second-order valence-electron chi connectivity index (χ2n) is 1.96. The van der Waals surface area contributed by atoms with Gasteiger partial charge in [0.2, 0.25) is 0 Å². The summed E-state index contributed by atoms with van der Waals surface area (Å²) in [6, 6.07) is 0. The van der Waals surface area contributed by atoms with Crippen LogP contribution in [0.25, 0.3) is 0 Å². The van der Waals surface area contributed by atoms with E-state index < -0.39 is 11.9 Å². The lowest BCUT2D eigenvalue weighted by Gasteiger charge is -2.03. The molecule has 0 aromatic heterocycles. The van der Waals surface area contributed by atoms with Crippen molar-refractivity contribution in [2.45, 2.75) is 18.9 Å². The topological polar surface area (TPSA) is 12.4 Å². The molecule has 0 aliphatic carbocycles. The first-order chi connectivity index (χ1) is 4.48. The quantitative estimate of drug-likeness (QED) is 0.436. The number of nitrogens with zero attached hydrogens (tertiary/aromatic N) is 1. The van der Waals surface area contributed by atoms with Crippen LogP contribution < -0.4 is 0 Å². The summed E-state index contributed by atoms with van der Waals surface area (Å²) < 4.78 is 35.0. The van der Waals surface area contributed by atoms with Gasteiger partial charge in [-0.05, 0) is 12.3 Å². The Morgan fingerprint density at radius 2 is 2.00 bits per heavy atom. The number of halogens is 3. The molecule has 0 spiro atoms. The fourth-order valence-corrected chi connectivity index (χ4v) is 0.928. The van der Waals surface area contributed by atoms with E-state index in [0.29, 0.717) is 5.41 Å². The van der Waals surface area contributed by atoms with E-state index in [1.165, 1.54) is 0 Å². The maximum absolute atomic E-state index is 11.7. The van der Waals surface area contributed by atoms with Crippen LogP contribution in [0.15, 0.2) is 4.99 Å². The Labute approximate surface area is 64.0 Å². The number of rotatable bonds is 2. The zero-order valence-electron chi connectivity index (χ0n) is 6.00. The molecule has 10 heavy (non-hydrogen) atoms. The van der Waals surface area contributed by atoms with E-state index in [1.807, 2.05) is 5.79 Å². The Kier molecular flexibility index (Phi) is 3.99. The van der Waals surface area contributed by atoms with Gasteiger partial charge < -0.3 is 4.99 Å². The molecule has 0 aromatic carbocycles. The highest BCUT2D eigenvalue weighted by atomic mass is 27.1. The molecule has 0 radical (unpaired) electrons. The molecule has 0 rings (SSSR count). The molecule has 0 saturated heterocycles. The van der Waals surface area contributed by atoms with Crippen molar-refractivity contribution in [3.05, 3.63) is 0 Å². The van der Waals surface area contributed by atoms with Gasteiger partial charge in [-0.1, -0.05) is 0 Å². The molecule has 0 bridgehead atoms. The van der Waals surface area contributed by atoms with Gasteiger partial charge in [0.05, 0.1) is 0 Å². The largest absolute Gasteiger partial charge is 0.428 e. The van der Waals surface area contributed by atoms with Crippen molar-refractivity contribution in [2.24, 2.45) is 4.99 Å². The van der Waals surface area contributed by atoms with Crippen LogP contribution in [0.1, 0.15) is 6.92 Å². The third-order valence-electron chi connectivity index (χ3n) is 0.983. The van der Waals surface area contributed by atoms with Crippen molar-refractivity contribution in [2.75, 3.05) is 5.41 Å². The first-order valence-electron chi connectivity index (χ1n) is 3.06. The molecule has 0 aliphatic rings. The van der Waals surface area contributed by atoms with Crippen molar-refractivity contribution in [1.82, 2.24) is 0 Å². The molecule has 58 valence electrons. The molecule has 5 heteroatoms. The summed E-state index contributed by atoms with van der Waals surface area (Å²) in [7, 11) is 0. The molecule has 0 heterocycles. The lowest BCUT2D eigenvalue weighted by Crippen LogP contribution is -2.20. The molecule has 0 unspecified atom stereocenters. The highest BCUT2D eigenvalue weighted by Crippen LogP contribution is 2.16. The van der Waals surface area contributed by atoms with Crippen molar-refractivity contribution < 1.29 is 13.2 Å². The summed E-state index contributed by atoms with van der Waals surface area (Å²) in [4.78, 5) is 3.37. The highest BCUT2D eigenvalue weighted by molar-refractivity contribution is 6.34. The number of alkyl halides is 3. The van der Waals surface area contributed by atoms with E-state index in [4.69, 9.17) is 0 Å². The van der Waals surface area contributed by atoms with Crippen molar-refractivity contribution in [3.63, 3.8) is 0 Å². The second kappa shape index (κ2) is 3.99. The Hall–Kier alpha value is -0.00753. The van der Waals surface area contributed by atoms with Gasteiger partial charge in [-0.25, -0.2) is 0 Å². The van der Waals surface area contributed by atoms with Crippen LogP contribution in [0.2, 0.25) is 5.79 Å². The van der Waals surface area contributed by atoms with E-state index in [-0.39, 0.29) is 15.2 Å². The molecular weight excluding hydrogens is 158 g/mol. The zero-order valence-corrected chi connectivity index (χ0v) is 7.41. The summed E-state index contributed by atoms with van der Waals surface area (Å²) in [6.45, 7) is 1.00. The van der Waals surface area contributed by atoms with Crippen LogP contribution in [0.4, 0.5) is 13.2 Å². The molecule has 0 aliphatic heterocycles. The minimum absolute atomic E-state index is 0.374. The molecule has 0 saturated carbocycles. The van der Waals surface area contributed by atoms with Gasteiger partial charge in [-0.3, -0.25) is 0 Å². The highest BCUT2D eigenvalue weighted by Gasteiger charge is 2.31. The van der Waals surface area contributed by atoms with Crippen molar-refractivity contribution >= 4 is 20.9 Å². The first kappa shape index (κ1) is 9.99. The predicted octanol–water partition coefficient (Wildman–Crippen LogP) is 1.45.